The van der Waals surface area contributed by atoms with Crippen LogP contribution in [0.15, 0.2) is 24.3 Å². The lowest BCUT2D eigenvalue weighted by Crippen LogP contribution is -2.41. The number of halogens is 2. The number of aromatic hydroxyl groups is 1. The fraction of sp³-hybridized carbons (Fsp3) is 0.500. The monoisotopic (exact) mass is 556 g/mol. The van der Waals surface area contributed by atoms with E-state index in [0.717, 1.165) is 36.2 Å². The zero-order chi connectivity index (χ0) is 24.7. The van der Waals surface area contributed by atoms with Gasteiger partial charge < -0.3 is 39.0 Å². The van der Waals surface area contributed by atoms with Crippen LogP contribution >= 0.6 is 24.8 Å². The van der Waals surface area contributed by atoms with E-state index in [2.05, 4.69) is 24.3 Å². The molecule has 11 heteroatoms. The number of carbonyl (C=O) groups is 1. The summed E-state index contributed by atoms with van der Waals surface area (Å²) in [4.78, 5) is 15.3. The number of rotatable bonds is 8. The number of esters is 1. The van der Waals surface area contributed by atoms with Gasteiger partial charge in [-0.15, -0.1) is 24.8 Å². The molecule has 3 aliphatic rings. The summed E-state index contributed by atoms with van der Waals surface area (Å²) in [6.45, 7) is 2.28. The van der Waals surface area contributed by atoms with Crippen molar-refractivity contribution < 1.29 is 33.6 Å². The molecule has 0 amide bonds. The molecule has 0 aromatic heterocycles. The topological polar surface area (TPSA) is 98.7 Å². The molecule has 0 bridgehead atoms. The average molecular weight is 557 g/mol. The molecule has 37 heavy (non-hydrogen) atoms. The molecular weight excluding hydrogens is 523 g/mol. The van der Waals surface area contributed by atoms with E-state index < -0.39 is 5.92 Å². The summed E-state index contributed by atoms with van der Waals surface area (Å²) in [5, 5.41) is 14.2. The van der Waals surface area contributed by atoms with Crippen LogP contribution in [0.4, 0.5) is 0 Å². The second-order valence-corrected chi connectivity index (χ2v) is 9.49. The van der Waals surface area contributed by atoms with Gasteiger partial charge >= 0.3 is 5.97 Å². The van der Waals surface area contributed by atoms with Gasteiger partial charge in [-0.1, -0.05) is 0 Å². The standard InChI is InChI=1S/C26H32N2O7.2ClH/c1-28(2)7-5-6-27-24-16-11-19-18(34-13-35-19)10-15(16)22(23-17(24)12-33-26(23)30)14-8-20(31-3)25(29)21(9-14)32-4;;/h8-11,17,22-24,27,29H,5-7,12-13H2,1-4H3;2*1H/t17-,22+,23-,24+;;/m0../s1. The maximum Gasteiger partial charge on any atom is 0.310 e. The number of methoxy groups -OCH3 is 2. The highest BCUT2D eigenvalue weighted by Gasteiger charge is 2.52. The molecule has 2 N–H and O–H groups in total. The Morgan fingerprint density at radius 2 is 1.62 bits per heavy atom. The maximum absolute atomic E-state index is 13.2. The highest BCUT2D eigenvalue weighted by Crippen LogP contribution is 2.55. The molecule has 204 valence electrons. The van der Waals surface area contributed by atoms with Crippen LogP contribution in [0.1, 0.15) is 35.1 Å². The molecule has 2 heterocycles. The van der Waals surface area contributed by atoms with Crippen LogP contribution in [0.25, 0.3) is 0 Å². The molecule has 0 unspecified atom stereocenters. The van der Waals surface area contributed by atoms with E-state index in [0.29, 0.717) is 18.1 Å². The Morgan fingerprint density at radius 3 is 2.22 bits per heavy atom. The smallest absolute Gasteiger partial charge is 0.310 e. The number of hydrogen-bond donors (Lipinski definition) is 2. The number of nitrogens with zero attached hydrogens (tertiary/aromatic N) is 1. The van der Waals surface area contributed by atoms with Crippen LogP contribution < -0.4 is 24.3 Å². The quantitative estimate of drug-likeness (QED) is 0.373. The molecule has 2 aliphatic heterocycles. The summed E-state index contributed by atoms with van der Waals surface area (Å²) >= 11 is 0. The number of hydrogen-bond acceptors (Lipinski definition) is 9. The van der Waals surface area contributed by atoms with Crippen molar-refractivity contribution in [3.63, 3.8) is 0 Å². The number of fused-ring (bicyclic) bond motifs is 3. The van der Waals surface area contributed by atoms with E-state index in [4.69, 9.17) is 23.7 Å². The molecule has 9 nitrogen and oxygen atoms in total. The summed E-state index contributed by atoms with van der Waals surface area (Å²) in [6.07, 6.45) is 0.978. The molecule has 1 aliphatic carbocycles. The van der Waals surface area contributed by atoms with Crippen LogP contribution in [0, 0.1) is 11.8 Å². The minimum Gasteiger partial charge on any atom is -0.502 e. The van der Waals surface area contributed by atoms with Crippen LogP contribution in [0.3, 0.4) is 0 Å². The summed E-state index contributed by atoms with van der Waals surface area (Å²) < 4.78 is 27.9. The normalized spacial score (nSPS) is 22.9. The van der Waals surface area contributed by atoms with Gasteiger partial charge in [-0.25, -0.2) is 0 Å². The minimum atomic E-state index is -0.409. The molecule has 0 radical (unpaired) electrons. The van der Waals surface area contributed by atoms with Crippen molar-refractivity contribution in [3.8, 4) is 28.7 Å². The number of phenolic OH excluding ortho intramolecular Hbond substituents is 1. The highest BCUT2D eigenvalue weighted by molar-refractivity contribution is 5.85. The van der Waals surface area contributed by atoms with Crippen molar-refractivity contribution in [3.05, 3.63) is 41.0 Å². The molecule has 2 aromatic carbocycles. The van der Waals surface area contributed by atoms with Gasteiger partial charge in [0.15, 0.2) is 23.0 Å². The van der Waals surface area contributed by atoms with E-state index in [1.807, 2.05) is 12.1 Å². The lowest BCUT2D eigenvalue weighted by molar-refractivity contribution is -0.141. The van der Waals surface area contributed by atoms with Crippen molar-refractivity contribution in [2.45, 2.75) is 18.4 Å². The third-order valence-corrected chi connectivity index (χ3v) is 7.19. The van der Waals surface area contributed by atoms with E-state index in [-0.39, 0.29) is 72.7 Å². The van der Waals surface area contributed by atoms with Crippen LogP contribution in [0.5, 0.6) is 28.7 Å². The first kappa shape index (κ1) is 29.0. The average Bonchev–Trinajstić information content (AvgIpc) is 3.46. The molecule has 1 saturated heterocycles. The molecule has 1 fully saturated rings. The number of phenols is 1. The summed E-state index contributed by atoms with van der Waals surface area (Å²) in [6, 6.07) is 7.47. The van der Waals surface area contributed by atoms with Gasteiger partial charge in [-0.2, -0.15) is 0 Å². The van der Waals surface area contributed by atoms with Crippen LogP contribution in [0.2, 0.25) is 0 Å². The Labute approximate surface area is 229 Å². The van der Waals surface area contributed by atoms with Gasteiger partial charge in [0.05, 0.1) is 26.7 Å². The Hall–Kier alpha value is -2.59. The fourth-order valence-electron chi connectivity index (χ4n) is 5.57. The van der Waals surface area contributed by atoms with E-state index >= 15 is 0 Å². The van der Waals surface area contributed by atoms with E-state index in [1.165, 1.54) is 14.2 Å². The van der Waals surface area contributed by atoms with Crippen molar-refractivity contribution >= 4 is 30.8 Å². The lowest BCUT2D eigenvalue weighted by atomic mass is 9.65. The van der Waals surface area contributed by atoms with Gasteiger partial charge in [0.1, 0.15) is 0 Å². The molecule has 0 spiro atoms. The highest BCUT2D eigenvalue weighted by atomic mass is 35.5. The first-order valence-corrected chi connectivity index (χ1v) is 11.9. The second-order valence-electron chi connectivity index (χ2n) is 9.49. The number of benzene rings is 2. The third-order valence-electron chi connectivity index (χ3n) is 7.19. The number of carbonyl (C=O) groups excluding carboxylic acids is 1. The summed E-state index contributed by atoms with van der Waals surface area (Å²) in [5.41, 5.74) is 2.83. The summed E-state index contributed by atoms with van der Waals surface area (Å²) in [7, 11) is 7.10. The Bertz CT molecular complexity index is 1110. The van der Waals surface area contributed by atoms with Gasteiger partial charge in [0.25, 0.3) is 0 Å². The Balaban J connectivity index is 0.00000190. The predicted octanol–water partition coefficient (Wildman–Crippen LogP) is 3.50. The maximum atomic E-state index is 13.2. The number of cyclic esters (lactones) is 1. The summed E-state index contributed by atoms with van der Waals surface area (Å²) in [5.74, 6) is 0.819. The first-order chi connectivity index (χ1) is 16.9. The van der Waals surface area contributed by atoms with Crippen LogP contribution in [-0.2, 0) is 9.53 Å². The van der Waals surface area contributed by atoms with Gasteiger partial charge in [0.2, 0.25) is 12.5 Å². The fourth-order valence-corrected chi connectivity index (χ4v) is 5.57. The molecule has 4 atom stereocenters. The molecular formula is C26H34Cl2N2O7. The van der Waals surface area contributed by atoms with Crippen molar-refractivity contribution in [1.82, 2.24) is 10.2 Å². The van der Waals surface area contributed by atoms with Gasteiger partial charge in [-0.05, 0) is 74.6 Å². The van der Waals surface area contributed by atoms with Crippen molar-refractivity contribution in [1.29, 1.82) is 0 Å². The predicted molar refractivity (Wildman–Crippen MR) is 142 cm³/mol. The lowest BCUT2D eigenvalue weighted by Gasteiger charge is -2.39. The number of ether oxygens (including phenoxy) is 5. The van der Waals surface area contributed by atoms with Gasteiger partial charge in [0, 0.05) is 17.9 Å². The first-order valence-electron chi connectivity index (χ1n) is 11.9. The van der Waals surface area contributed by atoms with E-state index in [9.17, 15) is 9.90 Å². The van der Waals surface area contributed by atoms with Crippen LogP contribution in [-0.4, -0.2) is 70.8 Å². The Kier molecular flexibility index (Phi) is 9.28. The zero-order valence-electron chi connectivity index (χ0n) is 21.3. The minimum absolute atomic E-state index is 0. The SMILES string of the molecule is COc1cc([C@@H]2c3cc4c(cc3[C@@H](NCCCN(C)C)[C@H]3COC(=O)[C@H]23)OCO4)cc(OC)c1O.Cl.Cl. The molecule has 2 aromatic rings. The molecule has 5 rings (SSSR count). The third kappa shape index (κ3) is 5.23. The second kappa shape index (κ2) is 11.9. The molecule has 0 saturated carbocycles. The van der Waals surface area contributed by atoms with Gasteiger partial charge in [-0.3, -0.25) is 4.79 Å². The van der Waals surface area contributed by atoms with Crippen molar-refractivity contribution in [2.75, 3.05) is 54.8 Å². The zero-order valence-corrected chi connectivity index (χ0v) is 22.9. The number of nitrogens with one attached hydrogen (secondary N) is 1. The van der Waals surface area contributed by atoms with E-state index in [1.54, 1.807) is 12.1 Å². The van der Waals surface area contributed by atoms with Crippen molar-refractivity contribution in [2.24, 2.45) is 11.8 Å². The Morgan fingerprint density at radius 1 is 1.00 bits per heavy atom. The largest absolute Gasteiger partial charge is 0.502 e.